The van der Waals surface area contributed by atoms with Crippen molar-refractivity contribution in [3.63, 3.8) is 0 Å². The highest BCUT2D eigenvalue weighted by atomic mass is 35.5. The quantitative estimate of drug-likeness (QED) is 0.244. The summed E-state index contributed by atoms with van der Waals surface area (Å²) in [5.74, 6) is 0. The molecule has 0 aliphatic rings. The molecule has 4 aromatic rings. The number of hydrogen-bond acceptors (Lipinski definition) is 4. The number of benzene rings is 4. The van der Waals surface area contributed by atoms with Crippen molar-refractivity contribution in [3.05, 3.63) is 119 Å². The van der Waals surface area contributed by atoms with Crippen LogP contribution in [-0.2, 0) is 31.9 Å². The van der Waals surface area contributed by atoms with Crippen LogP contribution in [0.15, 0.2) is 107 Å². The van der Waals surface area contributed by atoms with Gasteiger partial charge in [-0.15, -0.1) is 0 Å². The lowest BCUT2D eigenvalue weighted by molar-refractivity contribution is 0.585. The minimum absolute atomic E-state index is 0.116. The third kappa shape index (κ3) is 6.95. The number of rotatable bonds is 8. The fourth-order valence-electron chi connectivity index (χ4n) is 3.91. The Labute approximate surface area is 229 Å². The topological polar surface area (TPSA) is 92.3 Å². The Hall–Kier alpha value is -3.33. The maximum atomic E-state index is 13.1. The molecule has 0 spiro atoms. The van der Waals surface area contributed by atoms with Crippen LogP contribution < -0.4 is 9.44 Å². The van der Waals surface area contributed by atoms with Gasteiger partial charge >= 0.3 is 0 Å². The van der Waals surface area contributed by atoms with Crippen molar-refractivity contribution in [2.75, 3.05) is 9.44 Å². The molecule has 0 aliphatic heterocycles. The first-order chi connectivity index (χ1) is 17.8. The van der Waals surface area contributed by atoms with E-state index in [1.54, 1.807) is 66.7 Å². The molecule has 198 valence electrons. The monoisotopic (exact) mass is 568 g/mol. The average molecular weight is 569 g/mol. The molecule has 2 N–H and O–H groups in total. The van der Waals surface area contributed by atoms with Gasteiger partial charge in [0.2, 0.25) is 0 Å². The molecule has 0 fully saturated rings. The van der Waals surface area contributed by atoms with Crippen LogP contribution >= 0.6 is 11.6 Å². The summed E-state index contributed by atoms with van der Waals surface area (Å²) in [4.78, 5) is 0.311. The van der Waals surface area contributed by atoms with Gasteiger partial charge in [-0.25, -0.2) is 16.8 Å². The van der Waals surface area contributed by atoms with Crippen molar-refractivity contribution < 1.29 is 16.8 Å². The van der Waals surface area contributed by atoms with E-state index in [4.69, 9.17) is 11.6 Å². The number of nitrogens with one attached hydrogen (secondary N) is 2. The third-order valence-corrected chi connectivity index (χ3v) is 8.88. The zero-order valence-electron chi connectivity index (χ0n) is 21.3. The van der Waals surface area contributed by atoms with Gasteiger partial charge in [0.15, 0.2) is 0 Å². The smallest absolute Gasteiger partial charge is 0.261 e. The molecular formula is C29H29ClN2O4S2. The van der Waals surface area contributed by atoms with Gasteiger partial charge in [0.25, 0.3) is 20.0 Å². The first-order valence-electron chi connectivity index (χ1n) is 11.9. The Bertz CT molecular complexity index is 1680. The number of halogens is 1. The lowest BCUT2D eigenvalue weighted by Gasteiger charge is -2.20. The van der Waals surface area contributed by atoms with E-state index in [1.807, 2.05) is 39.0 Å². The van der Waals surface area contributed by atoms with Crippen molar-refractivity contribution in [3.8, 4) is 0 Å². The first-order valence-corrected chi connectivity index (χ1v) is 15.3. The average Bonchev–Trinajstić information content (AvgIpc) is 2.83. The summed E-state index contributed by atoms with van der Waals surface area (Å²) in [5, 5.41) is 0.427. The minimum atomic E-state index is -3.82. The van der Waals surface area contributed by atoms with E-state index >= 15 is 0 Å². The molecule has 9 heteroatoms. The molecule has 6 nitrogen and oxygen atoms in total. The fourth-order valence-corrected chi connectivity index (χ4v) is 6.32. The van der Waals surface area contributed by atoms with Gasteiger partial charge in [-0.05, 0) is 83.1 Å². The van der Waals surface area contributed by atoms with E-state index in [0.29, 0.717) is 22.8 Å². The maximum absolute atomic E-state index is 13.1. The van der Waals surface area contributed by atoms with Crippen LogP contribution in [0.2, 0.25) is 5.02 Å². The highest BCUT2D eigenvalue weighted by molar-refractivity contribution is 7.93. The fraction of sp³-hybridized carbons (Fsp3) is 0.172. The van der Waals surface area contributed by atoms with Gasteiger partial charge < -0.3 is 0 Å². The van der Waals surface area contributed by atoms with Crippen molar-refractivity contribution >= 4 is 43.0 Å². The summed E-state index contributed by atoms with van der Waals surface area (Å²) in [6.45, 7) is 6.09. The van der Waals surface area contributed by atoms with Gasteiger partial charge in [-0.2, -0.15) is 0 Å². The number of hydrogen-bond donors (Lipinski definition) is 2. The SMILES string of the molecule is CC(C)(C)c1cccc(S(=O)(=O)Nc2cccc(Cc3cccc(S(=O)(=O)Nc4cccc(Cl)c4)c3)c2)c1. The molecule has 4 aromatic carbocycles. The lowest BCUT2D eigenvalue weighted by Crippen LogP contribution is -2.16. The van der Waals surface area contributed by atoms with Crippen molar-refractivity contribution in [1.29, 1.82) is 0 Å². The van der Waals surface area contributed by atoms with Gasteiger partial charge in [0, 0.05) is 10.7 Å². The molecule has 0 aliphatic carbocycles. The lowest BCUT2D eigenvalue weighted by atomic mass is 9.87. The summed E-state index contributed by atoms with van der Waals surface area (Å²) >= 11 is 5.97. The molecule has 38 heavy (non-hydrogen) atoms. The molecule has 0 heterocycles. The van der Waals surface area contributed by atoms with Crippen LogP contribution in [0.1, 0.15) is 37.5 Å². The third-order valence-electron chi connectivity index (χ3n) is 5.88. The summed E-state index contributed by atoms with van der Waals surface area (Å²) in [7, 11) is -7.61. The predicted octanol–water partition coefficient (Wildman–Crippen LogP) is 6.83. The molecule has 4 rings (SSSR count). The van der Waals surface area contributed by atoms with E-state index in [0.717, 1.165) is 16.7 Å². The van der Waals surface area contributed by atoms with E-state index < -0.39 is 20.0 Å². The number of sulfonamides is 2. The van der Waals surface area contributed by atoms with Crippen LogP contribution in [0.5, 0.6) is 0 Å². The van der Waals surface area contributed by atoms with Crippen LogP contribution in [0, 0.1) is 0 Å². The molecule has 0 bridgehead atoms. The zero-order chi connectivity index (χ0) is 27.6. The van der Waals surface area contributed by atoms with E-state index in [-0.39, 0.29) is 15.2 Å². The predicted molar refractivity (Wildman–Crippen MR) is 154 cm³/mol. The normalized spacial score (nSPS) is 12.2. The molecule has 0 aromatic heterocycles. The Balaban J connectivity index is 1.52. The molecule has 0 saturated carbocycles. The van der Waals surface area contributed by atoms with Gasteiger partial charge in [-0.3, -0.25) is 9.44 Å². The standard InChI is InChI=1S/C29H29ClN2O4S2/c1-29(2,3)23-10-6-15-28(19-23)38(35,36)31-25-12-4-8-21(17-25)16-22-9-5-14-27(18-22)37(33,34)32-26-13-7-11-24(30)20-26/h4-15,17-20,31-32H,16H2,1-3H3. The van der Waals surface area contributed by atoms with Crippen molar-refractivity contribution in [2.45, 2.75) is 42.4 Å². The second-order valence-corrected chi connectivity index (χ2v) is 13.8. The van der Waals surface area contributed by atoms with Gasteiger partial charge in [0.1, 0.15) is 0 Å². The van der Waals surface area contributed by atoms with Gasteiger partial charge in [-0.1, -0.05) is 74.8 Å². The van der Waals surface area contributed by atoms with Crippen molar-refractivity contribution in [2.24, 2.45) is 0 Å². The first kappa shape index (κ1) is 27.7. The second-order valence-electron chi connectivity index (χ2n) is 10.0. The summed E-state index contributed by atoms with van der Waals surface area (Å²) in [5.41, 5.74) is 3.12. The van der Waals surface area contributed by atoms with Gasteiger partial charge in [0.05, 0.1) is 15.5 Å². The zero-order valence-corrected chi connectivity index (χ0v) is 23.7. The molecule has 0 radical (unpaired) electrons. The number of anilines is 2. The van der Waals surface area contributed by atoms with Crippen LogP contribution in [0.25, 0.3) is 0 Å². The van der Waals surface area contributed by atoms with E-state index in [1.165, 1.54) is 12.1 Å². The summed E-state index contributed by atoms with van der Waals surface area (Å²) in [6, 6.07) is 27.1. The van der Waals surface area contributed by atoms with Crippen LogP contribution in [-0.4, -0.2) is 16.8 Å². The summed E-state index contributed by atoms with van der Waals surface area (Å²) in [6.07, 6.45) is 0.412. The van der Waals surface area contributed by atoms with Crippen LogP contribution in [0.4, 0.5) is 11.4 Å². The Kier molecular flexibility index (Phi) is 7.88. The Morgan fingerprint density at radius 3 is 1.74 bits per heavy atom. The molecule has 0 amide bonds. The molecule has 0 unspecified atom stereocenters. The highest BCUT2D eigenvalue weighted by Crippen LogP contribution is 2.26. The van der Waals surface area contributed by atoms with Crippen molar-refractivity contribution in [1.82, 2.24) is 0 Å². The summed E-state index contributed by atoms with van der Waals surface area (Å²) < 4.78 is 57.2. The minimum Gasteiger partial charge on any atom is -0.280 e. The molecular weight excluding hydrogens is 540 g/mol. The van der Waals surface area contributed by atoms with E-state index in [9.17, 15) is 16.8 Å². The maximum Gasteiger partial charge on any atom is 0.261 e. The molecule has 0 atom stereocenters. The van der Waals surface area contributed by atoms with Crippen LogP contribution in [0.3, 0.4) is 0 Å². The Morgan fingerprint density at radius 2 is 1.13 bits per heavy atom. The molecule has 0 saturated heterocycles. The Morgan fingerprint density at radius 1 is 0.632 bits per heavy atom. The largest absolute Gasteiger partial charge is 0.280 e. The highest BCUT2D eigenvalue weighted by Gasteiger charge is 2.20. The second kappa shape index (κ2) is 10.8. The van der Waals surface area contributed by atoms with E-state index in [2.05, 4.69) is 9.44 Å².